The van der Waals surface area contributed by atoms with E-state index in [0.29, 0.717) is 11.5 Å². The molecule has 10 heteroatoms. The van der Waals surface area contributed by atoms with Crippen LogP contribution in [0.3, 0.4) is 0 Å². The van der Waals surface area contributed by atoms with Crippen LogP contribution >= 0.6 is 0 Å². The van der Waals surface area contributed by atoms with Gasteiger partial charge in [-0.1, -0.05) is 0 Å². The van der Waals surface area contributed by atoms with Gasteiger partial charge in [0.25, 0.3) is 0 Å². The van der Waals surface area contributed by atoms with E-state index in [9.17, 15) is 18.0 Å². The number of hydrogen-bond donors (Lipinski definition) is 3. The molecule has 0 unspecified atom stereocenters. The Balaban J connectivity index is 1.98. The third-order valence-corrected chi connectivity index (χ3v) is 2.68. The lowest BCUT2D eigenvalue weighted by atomic mass is 10.3. The maximum Gasteiger partial charge on any atom is 0.573 e. The zero-order chi connectivity index (χ0) is 17.7. The van der Waals surface area contributed by atoms with E-state index in [0.717, 1.165) is 12.1 Å². The van der Waals surface area contributed by atoms with Crippen molar-refractivity contribution >= 4 is 23.5 Å². The van der Waals surface area contributed by atoms with E-state index in [2.05, 4.69) is 30.7 Å². The molecule has 0 radical (unpaired) electrons. The van der Waals surface area contributed by atoms with Crippen molar-refractivity contribution in [2.75, 3.05) is 23.0 Å². The number of urea groups is 1. The van der Waals surface area contributed by atoms with E-state index in [-0.39, 0.29) is 17.4 Å². The summed E-state index contributed by atoms with van der Waals surface area (Å²) in [7, 11) is 1.68. The highest BCUT2D eigenvalue weighted by Crippen LogP contribution is 2.24. The van der Waals surface area contributed by atoms with Crippen molar-refractivity contribution in [2.45, 2.75) is 13.3 Å². The van der Waals surface area contributed by atoms with Crippen LogP contribution in [0.25, 0.3) is 0 Å². The topological polar surface area (TPSA) is 88.2 Å². The van der Waals surface area contributed by atoms with Gasteiger partial charge in [-0.05, 0) is 31.2 Å². The summed E-state index contributed by atoms with van der Waals surface area (Å²) in [6.45, 7) is 1.74. The number of nitrogens with zero attached hydrogens (tertiary/aromatic N) is 2. The van der Waals surface area contributed by atoms with Crippen LogP contribution in [0.4, 0.5) is 35.4 Å². The average molecular weight is 341 g/mol. The quantitative estimate of drug-likeness (QED) is 0.793. The summed E-state index contributed by atoms with van der Waals surface area (Å²) >= 11 is 0. The first-order valence-corrected chi connectivity index (χ1v) is 6.72. The van der Waals surface area contributed by atoms with Crippen molar-refractivity contribution in [2.24, 2.45) is 0 Å². The standard InChI is InChI=1S/C14H14F3N5O2/c1-8-7-11(18-2)21-12(19-8)22-13(23)20-9-3-5-10(6-4-9)24-14(15,16)17/h3-7H,1-2H3,(H3,18,19,20,21,22,23). The number of nitrogens with one attached hydrogen (secondary N) is 3. The van der Waals surface area contributed by atoms with Gasteiger partial charge in [0.05, 0.1) is 0 Å². The molecule has 1 aromatic heterocycles. The van der Waals surface area contributed by atoms with Crippen molar-refractivity contribution in [3.63, 3.8) is 0 Å². The van der Waals surface area contributed by atoms with Gasteiger partial charge in [0, 0.05) is 24.5 Å². The van der Waals surface area contributed by atoms with Gasteiger partial charge in [0.1, 0.15) is 11.6 Å². The molecule has 3 N–H and O–H groups in total. The molecule has 1 heterocycles. The first-order chi connectivity index (χ1) is 11.2. The van der Waals surface area contributed by atoms with Crippen LogP contribution in [0, 0.1) is 6.92 Å². The van der Waals surface area contributed by atoms with Gasteiger partial charge in [-0.3, -0.25) is 5.32 Å². The summed E-state index contributed by atoms with van der Waals surface area (Å²) in [6.07, 6.45) is -4.76. The van der Waals surface area contributed by atoms with Gasteiger partial charge in [-0.2, -0.15) is 4.98 Å². The lowest BCUT2D eigenvalue weighted by molar-refractivity contribution is -0.274. The Kier molecular flexibility index (Phi) is 5.07. The number of alkyl halides is 3. The minimum atomic E-state index is -4.76. The number of aromatic nitrogens is 2. The van der Waals surface area contributed by atoms with Crippen molar-refractivity contribution < 1.29 is 22.7 Å². The van der Waals surface area contributed by atoms with E-state index in [1.54, 1.807) is 20.0 Å². The lowest BCUT2D eigenvalue weighted by Crippen LogP contribution is -2.21. The molecular weight excluding hydrogens is 327 g/mol. The summed E-state index contributed by atoms with van der Waals surface area (Å²) < 4.78 is 39.9. The molecule has 0 spiro atoms. The normalized spacial score (nSPS) is 10.9. The number of ether oxygens (including phenoxy) is 1. The molecule has 2 rings (SSSR count). The van der Waals surface area contributed by atoms with Crippen LogP contribution in [-0.2, 0) is 0 Å². The van der Waals surface area contributed by atoms with Gasteiger partial charge in [0.2, 0.25) is 5.95 Å². The molecule has 0 atom stereocenters. The summed E-state index contributed by atoms with van der Waals surface area (Å²) in [4.78, 5) is 20.0. The molecule has 7 nitrogen and oxygen atoms in total. The largest absolute Gasteiger partial charge is 0.573 e. The molecular formula is C14H14F3N5O2. The number of aryl methyl sites for hydroxylation is 1. The van der Waals surface area contributed by atoms with Crippen LogP contribution in [0.5, 0.6) is 5.75 Å². The van der Waals surface area contributed by atoms with Crippen LogP contribution < -0.4 is 20.7 Å². The second kappa shape index (κ2) is 7.02. The Labute approximate surface area is 135 Å². The second-order valence-corrected chi connectivity index (χ2v) is 4.62. The number of carbonyl (C=O) groups is 1. The average Bonchev–Trinajstić information content (AvgIpc) is 2.47. The lowest BCUT2D eigenvalue weighted by Gasteiger charge is -2.10. The van der Waals surface area contributed by atoms with E-state index < -0.39 is 12.4 Å². The monoisotopic (exact) mass is 341 g/mol. The smallest absolute Gasteiger partial charge is 0.406 e. The minimum absolute atomic E-state index is 0.0916. The molecule has 1 aromatic carbocycles. The van der Waals surface area contributed by atoms with Crippen LogP contribution in [-0.4, -0.2) is 29.4 Å². The van der Waals surface area contributed by atoms with Gasteiger partial charge in [-0.25, -0.2) is 9.78 Å². The maximum absolute atomic E-state index is 12.1. The van der Waals surface area contributed by atoms with Gasteiger partial charge < -0.3 is 15.4 Å². The molecule has 0 bridgehead atoms. The number of amides is 2. The Morgan fingerprint density at radius 1 is 1.12 bits per heavy atom. The molecule has 0 saturated carbocycles. The first kappa shape index (κ1) is 17.3. The summed E-state index contributed by atoms with van der Waals surface area (Å²) in [5.41, 5.74) is 0.932. The first-order valence-electron chi connectivity index (χ1n) is 6.72. The highest BCUT2D eigenvalue weighted by Gasteiger charge is 2.30. The molecule has 0 aliphatic carbocycles. The molecule has 128 valence electrons. The molecule has 0 aliphatic rings. The summed E-state index contributed by atoms with van der Waals surface area (Å²) in [5.74, 6) is 0.245. The fourth-order valence-corrected chi connectivity index (χ4v) is 1.76. The number of carbonyl (C=O) groups excluding carboxylic acids is 1. The molecule has 24 heavy (non-hydrogen) atoms. The number of benzene rings is 1. The van der Waals surface area contributed by atoms with Crippen LogP contribution in [0.15, 0.2) is 30.3 Å². The predicted octanol–water partition coefficient (Wildman–Crippen LogP) is 3.37. The second-order valence-electron chi connectivity index (χ2n) is 4.62. The highest BCUT2D eigenvalue weighted by atomic mass is 19.4. The van der Waals surface area contributed by atoms with Crippen LogP contribution in [0.1, 0.15) is 5.69 Å². The van der Waals surface area contributed by atoms with Gasteiger partial charge in [-0.15, -0.1) is 13.2 Å². The number of anilines is 3. The Morgan fingerprint density at radius 3 is 2.38 bits per heavy atom. The zero-order valence-corrected chi connectivity index (χ0v) is 12.7. The fourth-order valence-electron chi connectivity index (χ4n) is 1.76. The Hall–Kier alpha value is -3.04. The zero-order valence-electron chi connectivity index (χ0n) is 12.7. The van der Waals surface area contributed by atoms with Crippen molar-refractivity contribution in [3.8, 4) is 5.75 Å². The van der Waals surface area contributed by atoms with Crippen molar-refractivity contribution in [1.82, 2.24) is 9.97 Å². The SMILES string of the molecule is CNc1cc(C)nc(NC(=O)Nc2ccc(OC(F)(F)F)cc2)n1. The van der Waals surface area contributed by atoms with E-state index in [1.165, 1.54) is 12.1 Å². The molecule has 0 aliphatic heterocycles. The van der Waals surface area contributed by atoms with Crippen molar-refractivity contribution in [3.05, 3.63) is 36.0 Å². The Morgan fingerprint density at radius 2 is 1.79 bits per heavy atom. The summed E-state index contributed by atoms with van der Waals surface area (Å²) in [6, 6.07) is 5.79. The molecule has 0 fully saturated rings. The number of halogens is 3. The fraction of sp³-hybridized carbons (Fsp3) is 0.214. The van der Waals surface area contributed by atoms with Crippen molar-refractivity contribution in [1.29, 1.82) is 0 Å². The number of hydrogen-bond acceptors (Lipinski definition) is 5. The highest BCUT2D eigenvalue weighted by molar-refractivity contribution is 5.98. The predicted molar refractivity (Wildman–Crippen MR) is 82.1 cm³/mol. The minimum Gasteiger partial charge on any atom is -0.406 e. The van der Waals surface area contributed by atoms with Gasteiger partial charge in [0.15, 0.2) is 0 Å². The molecule has 0 saturated heterocycles. The summed E-state index contributed by atoms with van der Waals surface area (Å²) in [5, 5.41) is 7.71. The number of rotatable bonds is 4. The third-order valence-electron chi connectivity index (χ3n) is 2.68. The van der Waals surface area contributed by atoms with Crippen LogP contribution in [0.2, 0.25) is 0 Å². The maximum atomic E-state index is 12.1. The molecule has 2 aromatic rings. The third kappa shape index (κ3) is 5.30. The molecule has 2 amide bonds. The van der Waals surface area contributed by atoms with E-state index in [4.69, 9.17) is 0 Å². The van der Waals surface area contributed by atoms with E-state index in [1.807, 2.05) is 0 Å². The van der Waals surface area contributed by atoms with E-state index >= 15 is 0 Å². The van der Waals surface area contributed by atoms with Gasteiger partial charge >= 0.3 is 12.4 Å². The Bertz CT molecular complexity index is 719.